The quantitative estimate of drug-likeness (QED) is 0.814. The van der Waals surface area contributed by atoms with Gasteiger partial charge in [0.2, 0.25) is 5.79 Å². The van der Waals surface area contributed by atoms with Crippen molar-refractivity contribution in [2.45, 2.75) is 54.6 Å². The van der Waals surface area contributed by atoms with Gasteiger partial charge < -0.3 is 29.0 Å². The zero-order valence-electron chi connectivity index (χ0n) is 15.3. The third kappa shape index (κ3) is 1.48. The average molecular weight is 359 g/mol. The van der Waals surface area contributed by atoms with E-state index in [0.29, 0.717) is 26.1 Å². The van der Waals surface area contributed by atoms with E-state index in [4.69, 9.17) is 18.9 Å². The number of rotatable bonds is 1. The smallest absolute Gasteiger partial charge is 0.207 e. The minimum Gasteiger partial charge on any atom is -0.493 e. The van der Waals surface area contributed by atoms with E-state index in [-0.39, 0.29) is 12.1 Å². The van der Waals surface area contributed by atoms with Crippen molar-refractivity contribution in [1.82, 2.24) is 4.90 Å². The monoisotopic (exact) mass is 359 g/mol. The maximum Gasteiger partial charge on any atom is 0.207 e. The molecule has 4 atom stereocenters. The molecule has 2 aliphatic carbocycles. The highest BCUT2D eigenvalue weighted by Gasteiger charge is 2.77. The van der Waals surface area contributed by atoms with Crippen LogP contribution >= 0.6 is 0 Å². The van der Waals surface area contributed by atoms with E-state index >= 15 is 0 Å². The molecule has 26 heavy (non-hydrogen) atoms. The van der Waals surface area contributed by atoms with Crippen molar-refractivity contribution < 1.29 is 24.1 Å². The molecule has 0 amide bonds. The Hall–Kier alpha value is -1.34. The predicted octanol–water partition coefficient (Wildman–Crippen LogP) is 1.22. The first-order valence-corrected chi connectivity index (χ1v) is 9.63. The van der Waals surface area contributed by atoms with E-state index in [2.05, 4.69) is 18.0 Å². The molecule has 1 saturated carbocycles. The maximum absolute atomic E-state index is 12.1. The Bertz CT molecular complexity index is 791. The summed E-state index contributed by atoms with van der Waals surface area (Å²) >= 11 is 0. The number of piperidine rings is 1. The molecule has 6 nitrogen and oxygen atoms in total. The van der Waals surface area contributed by atoms with Crippen LogP contribution in [0.15, 0.2) is 12.1 Å². The summed E-state index contributed by atoms with van der Waals surface area (Å²) in [5.74, 6) is 0.767. The number of methoxy groups -OCH3 is 1. The molecule has 3 aliphatic heterocycles. The fraction of sp³-hybridized carbons (Fsp3) is 0.700. The predicted molar refractivity (Wildman–Crippen MR) is 92.6 cm³/mol. The average Bonchev–Trinajstić information content (AvgIpc) is 3.24. The molecule has 2 saturated heterocycles. The molecule has 3 fully saturated rings. The number of hydrogen-bond donors (Lipinski definition) is 1. The van der Waals surface area contributed by atoms with Crippen LogP contribution in [0.2, 0.25) is 0 Å². The number of aliphatic hydroxyl groups is 1. The molecule has 3 heterocycles. The van der Waals surface area contributed by atoms with Crippen molar-refractivity contribution in [3.8, 4) is 11.5 Å². The second-order valence-corrected chi connectivity index (χ2v) is 8.48. The molecule has 2 bridgehead atoms. The second-order valence-electron chi connectivity index (χ2n) is 8.48. The van der Waals surface area contributed by atoms with Crippen molar-refractivity contribution in [3.05, 3.63) is 23.3 Å². The highest BCUT2D eigenvalue weighted by Crippen LogP contribution is 2.67. The van der Waals surface area contributed by atoms with Crippen LogP contribution in [0.5, 0.6) is 11.5 Å². The zero-order chi connectivity index (χ0) is 17.7. The van der Waals surface area contributed by atoms with Crippen LogP contribution in [-0.2, 0) is 21.3 Å². The van der Waals surface area contributed by atoms with Gasteiger partial charge in [0, 0.05) is 18.0 Å². The molecule has 2 unspecified atom stereocenters. The van der Waals surface area contributed by atoms with Crippen molar-refractivity contribution in [3.63, 3.8) is 0 Å². The van der Waals surface area contributed by atoms with Crippen LogP contribution in [0.3, 0.4) is 0 Å². The lowest BCUT2D eigenvalue weighted by molar-refractivity contribution is -0.295. The minimum absolute atomic E-state index is 0.0907. The van der Waals surface area contributed by atoms with Crippen LogP contribution in [-0.4, -0.2) is 67.5 Å². The van der Waals surface area contributed by atoms with Crippen LogP contribution < -0.4 is 9.47 Å². The molecule has 6 heteroatoms. The molecule has 1 aromatic rings. The SMILES string of the molecule is COc1ccc2c3c1OC1C4(CCC5(O)[C@H](C2)N(C)CC[C@@]315)OCCO4. The lowest BCUT2D eigenvalue weighted by atomic mass is 9.48. The second kappa shape index (κ2) is 4.73. The largest absolute Gasteiger partial charge is 0.493 e. The van der Waals surface area contributed by atoms with Crippen LogP contribution in [0.1, 0.15) is 30.4 Å². The first kappa shape index (κ1) is 15.7. The van der Waals surface area contributed by atoms with Gasteiger partial charge in [-0.2, -0.15) is 0 Å². The Morgan fingerprint density at radius 2 is 2.00 bits per heavy atom. The van der Waals surface area contributed by atoms with Crippen molar-refractivity contribution in [2.24, 2.45) is 0 Å². The Kier molecular flexibility index (Phi) is 2.86. The molecule has 6 rings (SSSR count). The van der Waals surface area contributed by atoms with Gasteiger partial charge in [-0.05, 0) is 44.5 Å². The molecular formula is C20H25NO5. The zero-order valence-corrected chi connectivity index (χ0v) is 15.3. The summed E-state index contributed by atoms with van der Waals surface area (Å²) < 4.78 is 24.5. The lowest BCUT2D eigenvalue weighted by Crippen LogP contribution is -2.79. The molecule has 140 valence electrons. The molecule has 5 aliphatic rings. The fourth-order valence-electron chi connectivity index (χ4n) is 6.63. The molecular weight excluding hydrogens is 334 g/mol. The molecule has 0 aromatic heterocycles. The van der Waals surface area contributed by atoms with E-state index in [0.717, 1.165) is 36.4 Å². The third-order valence-corrected chi connectivity index (χ3v) is 7.72. The molecule has 1 aromatic carbocycles. The van der Waals surface area contributed by atoms with Gasteiger partial charge in [-0.15, -0.1) is 0 Å². The van der Waals surface area contributed by atoms with Gasteiger partial charge in [0.1, 0.15) is 0 Å². The number of likely N-dealkylation sites (N-methyl/N-ethyl adjacent to an activating group) is 1. The number of nitrogens with zero attached hydrogens (tertiary/aromatic N) is 1. The minimum atomic E-state index is -0.837. The summed E-state index contributed by atoms with van der Waals surface area (Å²) in [6.45, 7) is 2.09. The van der Waals surface area contributed by atoms with Crippen molar-refractivity contribution in [1.29, 1.82) is 0 Å². The number of fused-ring (bicyclic) bond motifs is 1. The van der Waals surface area contributed by atoms with Gasteiger partial charge in [-0.3, -0.25) is 0 Å². The highest BCUT2D eigenvalue weighted by atomic mass is 16.8. The number of hydrogen-bond acceptors (Lipinski definition) is 6. The maximum atomic E-state index is 12.1. The van der Waals surface area contributed by atoms with E-state index in [1.807, 2.05) is 6.07 Å². The summed E-state index contributed by atoms with van der Waals surface area (Å²) in [5.41, 5.74) is 1.08. The van der Waals surface area contributed by atoms with Crippen molar-refractivity contribution in [2.75, 3.05) is 33.9 Å². The van der Waals surface area contributed by atoms with Crippen LogP contribution in [0.25, 0.3) is 0 Å². The summed E-state index contributed by atoms with van der Waals surface area (Å²) in [5, 5.41) is 12.1. The number of likely N-dealkylation sites (tertiary alicyclic amines) is 1. The highest BCUT2D eigenvalue weighted by molar-refractivity contribution is 5.63. The third-order valence-electron chi connectivity index (χ3n) is 7.72. The summed E-state index contributed by atoms with van der Waals surface area (Å²) in [4.78, 5) is 2.32. The molecule has 1 N–H and O–H groups in total. The topological polar surface area (TPSA) is 60.4 Å². The molecule has 0 radical (unpaired) electrons. The Labute approximate surface area is 153 Å². The van der Waals surface area contributed by atoms with Gasteiger partial charge >= 0.3 is 0 Å². The number of benzene rings is 1. The summed E-state index contributed by atoms with van der Waals surface area (Å²) in [6.07, 6.45) is 2.66. The first-order chi connectivity index (χ1) is 12.6. The lowest BCUT2D eigenvalue weighted by Gasteiger charge is -2.64. The summed E-state index contributed by atoms with van der Waals surface area (Å²) in [6, 6.07) is 4.23. The van der Waals surface area contributed by atoms with E-state index in [1.165, 1.54) is 5.56 Å². The fourth-order valence-corrected chi connectivity index (χ4v) is 6.63. The summed E-state index contributed by atoms with van der Waals surface area (Å²) in [7, 11) is 3.80. The van der Waals surface area contributed by atoms with E-state index in [1.54, 1.807) is 7.11 Å². The standard InChI is InChI=1S/C20H25NO5/c1-21-8-7-18-15-12-3-4-13(23-2)16(15)26-17(18)20(24-9-10-25-20)6-5-19(18,22)14(21)11-12/h3-4,14,17,22H,5-11H2,1-2H3/t14-,17?,18+,19?/m0/s1. The van der Waals surface area contributed by atoms with Gasteiger partial charge in [-0.1, -0.05) is 6.07 Å². The Morgan fingerprint density at radius 3 is 2.77 bits per heavy atom. The number of ether oxygens (including phenoxy) is 4. The first-order valence-electron chi connectivity index (χ1n) is 9.63. The van der Waals surface area contributed by atoms with Crippen LogP contribution in [0.4, 0.5) is 0 Å². The van der Waals surface area contributed by atoms with Crippen molar-refractivity contribution >= 4 is 0 Å². The normalized spacial score (nSPS) is 41.8. The Morgan fingerprint density at radius 1 is 1.19 bits per heavy atom. The molecule has 2 spiro atoms. The van der Waals surface area contributed by atoms with Gasteiger partial charge in [0.05, 0.1) is 31.3 Å². The van der Waals surface area contributed by atoms with Gasteiger partial charge in [0.15, 0.2) is 17.6 Å². The van der Waals surface area contributed by atoms with Crippen LogP contribution in [0, 0.1) is 0 Å². The van der Waals surface area contributed by atoms with E-state index in [9.17, 15) is 5.11 Å². The van der Waals surface area contributed by atoms with E-state index < -0.39 is 16.8 Å². The Balaban J connectivity index is 1.66. The van der Waals surface area contributed by atoms with Gasteiger partial charge in [0.25, 0.3) is 0 Å². The van der Waals surface area contributed by atoms with Gasteiger partial charge in [-0.25, -0.2) is 0 Å².